The minimum absolute atomic E-state index is 0.345. The van der Waals surface area contributed by atoms with Gasteiger partial charge in [-0.25, -0.2) is 0 Å². The fourth-order valence-electron chi connectivity index (χ4n) is 2.31. The zero-order valence-corrected chi connectivity index (χ0v) is 13.9. The third-order valence-electron chi connectivity index (χ3n) is 3.58. The minimum Gasteiger partial charge on any atom is -0.378 e. The van der Waals surface area contributed by atoms with Crippen molar-refractivity contribution in [2.24, 2.45) is 0 Å². The normalized spacial score (nSPS) is 12.4. The van der Waals surface area contributed by atoms with Crippen LogP contribution in [0.3, 0.4) is 0 Å². The lowest BCUT2D eigenvalue weighted by atomic mass is 10.0. The van der Waals surface area contributed by atoms with Gasteiger partial charge in [-0.05, 0) is 47.7 Å². The first-order chi connectivity index (χ1) is 9.60. The lowest BCUT2D eigenvalue weighted by Crippen LogP contribution is -2.09. The summed E-state index contributed by atoms with van der Waals surface area (Å²) in [5, 5.41) is 3.62. The first-order valence-corrected chi connectivity index (χ1v) is 8.01. The van der Waals surface area contributed by atoms with E-state index in [1.807, 2.05) is 0 Å². The lowest BCUT2D eigenvalue weighted by Gasteiger charge is -2.19. The molecular weight excluding hydrogens is 310 g/mol. The number of hydrogen-bond donors (Lipinski definition) is 1. The Morgan fingerprint density at radius 1 is 1.00 bits per heavy atom. The molecule has 0 fully saturated rings. The van der Waals surface area contributed by atoms with Crippen LogP contribution in [0, 0.1) is 0 Å². The maximum atomic E-state index is 3.62. The van der Waals surface area contributed by atoms with E-state index in [0.717, 1.165) is 10.9 Å². The van der Waals surface area contributed by atoms with Gasteiger partial charge >= 0.3 is 0 Å². The average Bonchev–Trinajstić information content (AvgIpc) is 2.45. The molecule has 0 aliphatic heterocycles. The van der Waals surface area contributed by atoms with Crippen LogP contribution in [0.2, 0.25) is 0 Å². The summed E-state index contributed by atoms with van der Waals surface area (Å²) < 4.78 is 1.13. The summed E-state index contributed by atoms with van der Waals surface area (Å²) in [6.45, 7) is 6.65. The maximum absolute atomic E-state index is 3.62. The number of anilines is 1. The highest BCUT2D eigenvalue weighted by Crippen LogP contribution is 2.26. The van der Waals surface area contributed by atoms with Crippen LogP contribution in [0.25, 0.3) is 0 Å². The molecule has 1 nitrogen and oxygen atoms in total. The smallest absolute Gasteiger partial charge is 0.0511 e. The van der Waals surface area contributed by atoms with Gasteiger partial charge in [0.25, 0.3) is 0 Å². The van der Waals surface area contributed by atoms with E-state index >= 15 is 0 Å². The minimum atomic E-state index is 0.345. The van der Waals surface area contributed by atoms with Crippen molar-refractivity contribution in [3.05, 3.63) is 64.1 Å². The molecule has 20 heavy (non-hydrogen) atoms. The average molecular weight is 332 g/mol. The largest absolute Gasteiger partial charge is 0.378 e. The van der Waals surface area contributed by atoms with E-state index in [2.05, 4.69) is 90.5 Å². The predicted octanol–water partition coefficient (Wildman–Crippen LogP) is 6.14. The van der Waals surface area contributed by atoms with Crippen molar-refractivity contribution in [3.8, 4) is 0 Å². The molecule has 106 valence electrons. The van der Waals surface area contributed by atoms with E-state index in [0.29, 0.717) is 12.0 Å². The summed E-state index contributed by atoms with van der Waals surface area (Å²) in [7, 11) is 0. The Kier molecular flexibility index (Phi) is 5.24. The van der Waals surface area contributed by atoms with E-state index < -0.39 is 0 Å². The highest BCUT2D eigenvalue weighted by atomic mass is 79.9. The van der Waals surface area contributed by atoms with Gasteiger partial charge in [0.15, 0.2) is 0 Å². The second-order valence-electron chi connectivity index (χ2n) is 5.44. The second-order valence-corrected chi connectivity index (χ2v) is 6.35. The molecule has 0 saturated carbocycles. The highest BCUT2D eigenvalue weighted by molar-refractivity contribution is 9.10. The molecule has 1 unspecified atom stereocenters. The van der Waals surface area contributed by atoms with Crippen LogP contribution in [0.4, 0.5) is 5.69 Å². The molecule has 0 aromatic heterocycles. The molecule has 1 atom stereocenters. The molecule has 2 heteroatoms. The molecule has 2 aromatic rings. The van der Waals surface area contributed by atoms with Crippen molar-refractivity contribution in [1.29, 1.82) is 0 Å². The Bertz CT molecular complexity index is 546. The van der Waals surface area contributed by atoms with Gasteiger partial charge in [0, 0.05) is 10.2 Å². The topological polar surface area (TPSA) is 12.0 Å². The lowest BCUT2D eigenvalue weighted by molar-refractivity contribution is 0.748. The van der Waals surface area contributed by atoms with Crippen LogP contribution in [0.15, 0.2) is 53.0 Å². The number of hydrogen-bond acceptors (Lipinski definition) is 1. The summed E-state index contributed by atoms with van der Waals surface area (Å²) >= 11 is 3.54. The van der Waals surface area contributed by atoms with Crippen LogP contribution in [0.1, 0.15) is 50.3 Å². The van der Waals surface area contributed by atoms with Crippen LogP contribution < -0.4 is 5.32 Å². The Morgan fingerprint density at radius 3 is 2.25 bits per heavy atom. The van der Waals surface area contributed by atoms with Gasteiger partial charge in [-0.15, -0.1) is 0 Å². The van der Waals surface area contributed by atoms with Crippen molar-refractivity contribution in [2.45, 2.75) is 39.2 Å². The predicted molar refractivity (Wildman–Crippen MR) is 91.3 cm³/mol. The molecule has 0 saturated heterocycles. The van der Waals surface area contributed by atoms with Crippen molar-refractivity contribution >= 4 is 21.6 Å². The Labute approximate surface area is 130 Å². The van der Waals surface area contributed by atoms with Gasteiger partial charge in [0.2, 0.25) is 0 Å². The SMILES string of the molecule is CCC(Nc1ccc(C(C)C)cc1)c1cccc(Br)c1. The molecule has 2 rings (SSSR count). The van der Waals surface area contributed by atoms with E-state index in [1.54, 1.807) is 0 Å². The van der Waals surface area contributed by atoms with E-state index in [-0.39, 0.29) is 0 Å². The van der Waals surface area contributed by atoms with Crippen molar-refractivity contribution in [2.75, 3.05) is 5.32 Å². The third-order valence-corrected chi connectivity index (χ3v) is 4.07. The zero-order chi connectivity index (χ0) is 14.5. The molecule has 0 heterocycles. The van der Waals surface area contributed by atoms with Crippen molar-refractivity contribution < 1.29 is 0 Å². The number of halogens is 1. The van der Waals surface area contributed by atoms with Gasteiger partial charge in [0.05, 0.1) is 6.04 Å². The summed E-state index contributed by atoms with van der Waals surface area (Å²) in [6, 6.07) is 17.6. The first-order valence-electron chi connectivity index (χ1n) is 7.22. The summed E-state index contributed by atoms with van der Waals surface area (Å²) in [4.78, 5) is 0. The molecule has 0 spiro atoms. The number of benzene rings is 2. The molecular formula is C18H22BrN. The molecule has 1 N–H and O–H groups in total. The fraction of sp³-hybridized carbons (Fsp3) is 0.333. The first kappa shape index (κ1) is 15.1. The zero-order valence-electron chi connectivity index (χ0n) is 12.4. The highest BCUT2D eigenvalue weighted by Gasteiger charge is 2.09. The quantitative estimate of drug-likeness (QED) is 0.694. The monoisotopic (exact) mass is 331 g/mol. The molecule has 0 aliphatic rings. The number of nitrogens with one attached hydrogen (secondary N) is 1. The van der Waals surface area contributed by atoms with Gasteiger partial charge in [-0.3, -0.25) is 0 Å². The van der Waals surface area contributed by atoms with E-state index in [4.69, 9.17) is 0 Å². The molecule has 0 bridgehead atoms. The number of rotatable bonds is 5. The van der Waals surface area contributed by atoms with E-state index in [1.165, 1.54) is 16.8 Å². The van der Waals surface area contributed by atoms with Crippen LogP contribution in [0.5, 0.6) is 0 Å². The molecule has 0 amide bonds. The van der Waals surface area contributed by atoms with E-state index in [9.17, 15) is 0 Å². The summed E-state index contributed by atoms with van der Waals surface area (Å²) in [6.07, 6.45) is 1.06. The van der Waals surface area contributed by atoms with Gasteiger partial charge in [-0.1, -0.05) is 61.0 Å². The van der Waals surface area contributed by atoms with Gasteiger partial charge in [0.1, 0.15) is 0 Å². The second kappa shape index (κ2) is 6.94. The van der Waals surface area contributed by atoms with Gasteiger partial charge < -0.3 is 5.32 Å². The fourth-order valence-corrected chi connectivity index (χ4v) is 2.73. The van der Waals surface area contributed by atoms with Crippen LogP contribution in [-0.4, -0.2) is 0 Å². The summed E-state index contributed by atoms with van der Waals surface area (Å²) in [5.41, 5.74) is 3.88. The Morgan fingerprint density at radius 2 is 1.70 bits per heavy atom. The standard InChI is InChI=1S/C18H22BrN/c1-4-18(15-6-5-7-16(19)12-15)20-17-10-8-14(9-11-17)13(2)3/h5-13,18,20H,4H2,1-3H3. The van der Waals surface area contributed by atoms with Crippen molar-refractivity contribution in [1.82, 2.24) is 0 Å². The van der Waals surface area contributed by atoms with Gasteiger partial charge in [-0.2, -0.15) is 0 Å². The Balaban J connectivity index is 2.14. The maximum Gasteiger partial charge on any atom is 0.0511 e. The molecule has 2 aromatic carbocycles. The summed E-state index contributed by atoms with van der Waals surface area (Å²) in [5.74, 6) is 0.580. The molecule has 0 aliphatic carbocycles. The van der Waals surface area contributed by atoms with Crippen LogP contribution in [-0.2, 0) is 0 Å². The van der Waals surface area contributed by atoms with Crippen LogP contribution >= 0.6 is 15.9 Å². The van der Waals surface area contributed by atoms with Crippen molar-refractivity contribution in [3.63, 3.8) is 0 Å². The third kappa shape index (κ3) is 3.86. The molecule has 0 radical (unpaired) electrons. The Hall–Kier alpha value is -1.28.